The Bertz CT molecular complexity index is 1440. The number of nitrogens with one attached hydrogen (secondary N) is 1. The van der Waals surface area contributed by atoms with Crippen molar-refractivity contribution in [1.29, 1.82) is 0 Å². The normalized spacial score (nSPS) is 16.1. The molecule has 1 saturated heterocycles. The van der Waals surface area contributed by atoms with Crippen molar-refractivity contribution in [2.24, 2.45) is 0 Å². The number of likely N-dealkylation sites (tertiary alicyclic amines) is 1. The summed E-state index contributed by atoms with van der Waals surface area (Å²) in [7, 11) is 1.78. The van der Waals surface area contributed by atoms with E-state index in [0.717, 1.165) is 29.6 Å². The Morgan fingerprint density at radius 2 is 1.86 bits per heavy atom. The molecule has 1 N–H and O–H groups in total. The number of hydrogen-bond donors (Lipinski definition) is 1. The molecule has 1 aliphatic rings. The number of likely N-dealkylation sites (N-methyl/N-ethyl adjacent to an activating group) is 1. The van der Waals surface area contributed by atoms with Crippen molar-refractivity contribution < 1.29 is 14.3 Å². The molecule has 2 aromatic carbocycles. The average molecular weight is 503 g/mol. The lowest BCUT2D eigenvalue weighted by molar-refractivity contribution is 0.0123. The molecule has 0 spiro atoms. The molecule has 4 aromatic rings. The summed E-state index contributed by atoms with van der Waals surface area (Å²) < 4.78 is 7.16. The first-order chi connectivity index (χ1) is 17.7. The quantitative estimate of drug-likeness (QED) is 0.447. The summed E-state index contributed by atoms with van der Waals surface area (Å²) in [4.78, 5) is 33.8. The molecule has 0 radical (unpaired) electrons. The largest absolute Gasteiger partial charge is 0.444 e. The maximum absolute atomic E-state index is 13.2. The Morgan fingerprint density at radius 3 is 2.62 bits per heavy atom. The number of para-hydroxylation sites is 2. The van der Waals surface area contributed by atoms with E-state index in [4.69, 9.17) is 4.74 Å². The summed E-state index contributed by atoms with van der Waals surface area (Å²) >= 11 is 0. The van der Waals surface area contributed by atoms with E-state index in [2.05, 4.69) is 25.8 Å². The molecule has 1 atom stereocenters. The van der Waals surface area contributed by atoms with Crippen molar-refractivity contribution >= 4 is 40.2 Å². The number of nitrogens with zero attached hydrogens (tertiary/aromatic N) is 7. The molecule has 1 fully saturated rings. The molecule has 2 aromatic heterocycles. The first kappa shape index (κ1) is 24.4. The van der Waals surface area contributed by atoms with E-state index in [0.29, 0.717) is 30.1 Å². The molecule has 2 amide bonds. The third-order valence-electron chi connectivity index (χ3n) is 6.33. The Kier molecular flexibility index (Phi) is 6.36. The Labute approximate surface area is 214 Å². The third kappa shape index (κ3) is 5.16. The molecule has 3 heterocycles. The van der Waals surface area contributed by atoms with Gasteiger partial charge in [-0.05, 0) is 80.4 Å². The van der Waals surface area contributed by atoms with E-state index in [1.165, 1.54) is 0 Å². The predicted octanol–water partition coefficient (Wildman–Crippen LogP) is 3.89. The zero-order chi connectivity index (χ0) is 26.2. The molecule has 192 valence electrons. The number of anilines is 2. The topological polar surface area (TPSA) is 118 Å². The number of fused-ring (bicyclic) bond motifs is 3. The molecular weight excluding hydrogens is 472 g/mol. The van der Waals surface area contributed by atoms with Gasteiger partial charge in [0.2, 0.25) is 5.65 Å². The molecule has 11 heteroatoms. The van der Waals surface area contributed by atoms with Crippen LogP contribution in [0.25, 0.3) is 16.7 Å². The zero-order valence-electron chi connectivity index (χ0n) is 21.4. The predicted molar refractivity (Wildman–Crippen MR) is 139 cm³/mol. The second-order valence-corrected chi connectivity index (χ2v) is 10.2. The van der Waals surface area contributed by atoms with E-state index in [1.54, 1.807) is 33.5 Å². The Morgan fingerprint density at radius 1 is 1.11 bits per heavy atom. The van der Waals surface area contributed by atoms with Gasteiger partial charge >= 0.3 is 6.09 Å². The third-order valence-corrected chi connectivity index (χ3v) is 6.33. The lowest BCUT2D eigenvalue weighted by atomic mass is 10.0. The highest BCUT2D eigenvalue weighted by molar-refractivity contribution is 5.95. The molecule has 0 saturated carbocycles. The summed E-state index contributed by atoms with van der Waals surface area (Å²) in [6.45, 7) is 6.63. The van der Waals surface area contributed by atoms with Crippen LogP contribution in [-0.2, 0) is 4.74 Å². The summed E-state index contributed by atoms with van der Waals surface area (Å²) in [6.07, 6.45) is 1.31. The summed E-state index contributed by atoms with van der Waals surface area (Å²) in [6, 6.07) is 14.7. The van der Waals surface area contributed by atoms with Crippen molar-refractivity contribution in [2.75, 3.05) is 25.5 Å². The van der Waals surface area contributed by atoms with Gasteiger partial charge in [-0.1, -0.05) is 12.1 Å². The van der Waals surface area contributed by atoms with Crippen LogP contribution in [0.4, 0.5) is 16.3 Å². The van der Waals surface area contributed by atoms with Gasteiger partial charge in [0.25, 0.3) is 5.91 Å². The number of piperidine rings is 1. The van der Waals surface area contributed by atoms with Crippen molar-refractivity contribution in [3.8, 4) is 0 Å². The summed E-state index contributed by atoms with van der Waals surface area (Å²) in [5, 5.41) is 15.2. The molecule has 0 bridgehead atoms. The van der Waals surface area contributed by atoms with E-state index in [9.17, 15) is 9.59 Å². The Balaban J connectivity index is 1.28. The standard InChI is InChI=1S/C26H30N8O3/c1-26(2,3)37-25(36)33-15-7-8-19(16-33)32(4)24(35)17-11-13-18(14-12-17)27-22-23-29-30-31-34(23)21-10-6-5-9-20(21)28-22/h5-6,9-14,19H,7-8,15-16H2,1-4H3,(H,27,28). The highest BCUT2D eigenvalue weighted by Gasteiger charge is 2.31. The Hall–Kier alpha value is -4.28. The number of ether oxygens (including phenoxy) is 1. The van der Waals surface area contributed by atoms with Gasteiger partial charge in [0.1, 0.15) is 5.60 Å². The van der Waals surface area contributed by atoms with Gasteiger partial charge in [-0.15, -0.1) is 5.10 Å². The number of benzene rings is 2. The molecule has 5 rings (SSSR count). The van der Waals surface area contributed by atoms with Crippen LogP contribution in [0.3, 0.4) is 0 Å². The van der Waals surface area contributed by atoms with Gasteiger partial charge in [0.05, 0.1) is 11.0 Å². The first-order valence-electron chi connectivity index (χ1n) is 12.3. The number of aromatic nitrogens is 5. The number of tetrazole rings is 1. The molecule has 0 aliphatic carbocycles. The maximum atomic E-state index is 13.2. The SMILES string of the molecule is CN(C(=O)c1ccc(Nc2nc3ccccc3n3nnnc23)cc1)C1CCCN(C(=O)OC(C)(C)C)C1. The van der Waals surface area contributed by atoms with E-state index in [-0.39, 0.29) is 18.0 Å². The van der Waals surface area contributed by atoms with Gasteiger partial charge in [0, 0.05) is 37.4 Å². The lowest BCUT2D eigenvalue weighted by Crippen LogP contribution is -2.51. The number of carbonyl (C=O) groups excluding carboxylic acids is 2. The van der Waals surface area contributed by atoms with Crippen molar-refractivity contribution in [2.45, 2.75) is 45.3 Å². The molecule has 11 nitrogen and oxygen atoms in total. The number of hydrogen-bond acceptors (Lipinski definition) is 8. The van der Waals surface area contributed by atoms with Crippen LogP contribution in [0.15, 0.2) is 48.5 Å². The monoisotopic (exact) mass is 502 g/mol. The van der Waals surface area contributed by atoms with Crippen molar-refractivity contribution in [3.05, 3.63) is 54.1 Å². The lowest BCUT2D eigenvalue weighted by Gasteiger charge is -2.38. The van der Waals surface area contributed by atoms with Crippen LogP contribution in [0.5, 0.6) is 0 Å². The van der Waals surface area contributed by atoms with E-state index >= 15 is 0 Å². The summed E-state index contributed by atoms with van der Waals surface area (Å²) in [5.41, 5.74) is 2.82. The molecule has 1 unspecified atom stereocenters. The van der Waals surface area contributed by atoms with E-state index in [1.807, 2.05) is 57.2 Å². The van der Waals surface area contributed by atoms with Crippen LogP contribution in [-0.4, -0.2) is 78.6 Å². The van der Waals surface area contributed by atoms with E-state index < -0.39 is 5.60 Å². The van der Waals surface area contributed by atoms with Crippen molar-refractivity contribution in [3.63, 3.8) is 0 Å². The second kappa shape index (κ2) is 9.64. The van der Waals surface area contributed by atoms with Crippen LogP contribution >= 0.6 is 0 Å². The van der Waals surface area contributed by atoms with Gasteiger partial charge in [0.15, 0.2) is 5.82 Å². The van der Waals surface area contributed by atoms with Crippen LogP contribution in [0.1, 0.15) is 44.0 Å². The number of amides is 2. The zero-order valence-corrected chi connectivity index (χ0v) is 21.4. The van der Waals surface area contributed by atoms with Gasteiger partial charge in [-0.2, -0.15) is 4.52 Å². The fourth-order valence-corrected chi connectivity index (χ4v) is 4.45. The van der Waals surface area contributed by atoms with Crippen LogP contribution < -0.4 is 5.32 Å². The fourth-order valence-electron chi connectivity index (χ4n) is 4.45. The minimum Gasteiger partial charge on any atom is -0.444 e. The highest BCUT2D eigenvalue weighted by atomic mass is 16.6. The maximum Gasteiger partial charge on any atom is 0.410 e. The first-order valence-corrected chi connectivity index (χ1v) is 12.3. The highest BCUT2D eigenvalue weighted by Crippen LogP contribution is 2.24. The molecule has 37 heavy (non-hydrogen) atoms. The smallest absolute Gasteiger partial charge is 0.410 e. The molecule has 1 aliphatic heterocycles. The second-order valence-electron chi connectivity index (χ2n) is 10.2. The van der Waals surface area contributed by atoms with Gasteiger partial charge in [-0.25, -0.2) is 9.78 Å². The van der Waals surface area contributed by atoms with Gasteiger partial charge < -0.3 is 19.9 Å². The number of rotatable bonds is 4. The van der Waals surface area contributed by atoms with Gasteiger partial charge in [-0.3, -0.25) is 4.79 Å². The minimum atomic E-state index is -0.555. The van der Waals surface area contributed by atoms with Crippen LogP contribution in [0, 0.1) is 0 Å². The van der Waals surface area contributed by atoms with Crippen LogP contribution in [0.2, 0.25) is 0 Å². The number of carbonyl (C=O) groups is 2. The fraction of sp³-hybridized carbons (Fsp3) is 0.385. The average Bonchev–Trinajstić information content (AvgIpc) is 3.38. The summed E-state index contributed by atoms with van der Waals surface area (Å²) in [5.74, 6) is 0.416. The van der Waals surface area contributed by atoms with Crippen molar-refractivity contribution in [1.82, 2.24) is 34.8 Å². The minimum absolute atomic E-state index is 0.0814. The molecular formula is C26H30N8O3.